The Hall–Kier alpha value is -0.343. The van der Waals surface area contributed by atoms with Gasteiger partial charge in [-0.3, -0.25) is 0 Å². The molecule has 0 amide bonds. The van der Waals surface area contributed by atoms with E-state index in [4.69, 9.17) is 0 Å². The van der Waals surface area contributed by atoms with Gasteiger partial charge in [-0.15, -0.1) is 0 Å². The van der Waals surface area contributed by atoms with Crippen LogP contribution < -0.4 is 0 Å². The zero-order chi connectivity index (χ0) is 12.6. The SMILES string of the molecule is CC(C)[Si](O)(C(C)C)C(C)(C)C1=CC=CC1. The van der Waals surface area contributed by atoms with Gasteiger partial charge in [0.25, 0.3) is 0 Å². The van der Waals surface area contributed by atoms with Gasteiger partial charge in [0.1, 0.15) is 0 Å². The lowest BCUT2D eigenvalue weighted by molar-refractivity contribution is 0.439. The summed E-state index contributed by atoms with van der Waals surface area (Å²) in [4.78, 5) is 11.2. The third kappa shape index (κ3) is 1.93. The third-order valence-electron chi connectivity index (χ3n) is 4.34. The molecule has 0 aromatic carbocycles. The Morgan fingerprint density at radius 3 is 2.00 bits per heavy atom. The second-order valence-corrected chi connectivity index (χ2v) is 11.3. The van der Waals surface area contributed by atoms with Gasteiger partial charge < -0.3 is 4.80 Å². The van der Waals surface area contributed by atoms with Crippen molar-refractivity contribution < 1.29 is 4.80 Å². The van der Waals surface area contributed by atoms with Gasteiger partial charge in [0.05, 0.1) is 0 Å². The van der Waals surface area contributed by atoms with Gasteiger partial charge in [-0.1, -0.05) is 65.3 Å². The molecule has 1 aliphatic carbocycles. The molecule has 1 N–H and O–H groups in total. The Morgan fingerprint density at radius 2 is 1.69 bits per heavy atom. The van der Waals surface area contributed by atoms with Gasteiger partial charge in [0.2, 0.25) is 8.32 Å². The average Bonchev–Trinajstić information content (AvgIpc) is 2.68. The molecule has 0 saturated heterocycles. The maximum Gasteiger partial charge on any atom is 0.203 e. The fourth-order valence-corrected chi connectivity index (χ4v) is 8.20. The maximum atomic E-state index is 11.2. The molecule has 0 aromatic rings. The van der Waals surface area contributed by atoms with Crippen molar-refractivity contribution in [2.24, 2.45) is 0 Å². The number of hydrogen-bond acceptors (Lipinski definition) is 1. The minimum atomic E-state index is -2.31. The number of hydrogen-bond donors (Lipinski definition) is 1. The first-order valence-electron chi connectivity index (χ1n) is 6.33. The van der Waals surface area contributed by atoms with Gasteiger partial charge in [0.15, 0.2) is 0 Å². The molecule has 0 aromatic heterocycles. The van der Waals surface area contributed by atoms with E-state index in [-0.39, 0.29) is 5.04 Å². The summed E-state index contributed by atoms with van der Waals surface area (Å²) in [5.74, 6) is 0. The standard InChI is InChI=1S/C14H26OSi/c1-11(2)16(15,12(3)4)14(5,6)13-9-7-8-10-13/h7-9,11-12,15H,10H2,1-6H3. The first-order valence-corrected chi connectivity index (χ1v) is 8.43. The molecule has 0 unspecified atom stereocenters. The van der Waals surface area contributed by atoms with E-state index >= 15 is 0 Å². The molecule has 1 rings (SSSR count). The molecule has 1 nitrogen and oxygen atoms in total. The van der Waals surface area contributed by atoms with Crippen molar-refractivity contribution in [3.8, 4) is 0 Å². The predicted molar refractivity (Wildman–Crippen MR) is 74.0 cm³/mol. The molecule has 2 heteroatoms. The number of allylic oxidation sites excluding steroid dienone is 4. The van der Waals surface area contributed by atoms with Crippen molar-refractivity contribution in [1.29, 1.82) is 0 Å². The topological polar surface area (TPSA) is 20.2 Å². The van der Waals surface area contributed by atoms with E-state index in [1.165, 1.54) is 5.57 Å². The van der Waals surface area contributed by atoms with Crippen LogP contribution in [0.2, 0.25) is 16.1 Å². The molecule has 0 aliphatic heterocycles. The highest BCUT2D eigenvalue weighted by atomic mass is 28.4. The van der Waals surface area contributed by atoms with E-state index in [9.17, 15) is 4.80 Å². The van der Waals surface area contributed by atoms with Gasteiger partial charge in [-0.2, -0.15) is 0 Å². The third-order valence-corrected chi connectivity index (χ3v) is 10.2. The van der Waals surface area contributed by atoms with Crippen LogP contribution in [0, 0.1) is 0 Å². The van der Waals surface area contributed by atoms with Gasteiger partial charge in [-0.25, -0.2) is 0 Å². The summed E-state index contributed by atoms with van der Waals surface area (Å²) in [6.07, 6.45) is 7.52. The van der Waals surface area contributed by atoms with Crippen molar-refractivity contribution >= 4 is 8.32 Å². The first-order chi connectivity index (χ1) is 7.24. The van der Waals surface area contributed by atoms with Crippen molar-refractivity contribution in [3.05, 3.63) is 23.8 Å². The molecule has 0 bridgehead atoms. The zero-order valence-corrected chi connectivity index (χ0v) is 12.5. The molecule has 0 radical (unpaired) electrons. The van der Waals surface area contributed by atoms with Gasteiger partial charge in [0, 0.05) is 5.04 Å². The van der Waals surface area contributed by atoms with Crippen LogP contribution in [0.4, 0.5) is 0 Å². The van der Waals surface area contributed by atoms with E-state index in [2.05, 4.69) is 59.8 Å². The second-order valence-electron chi connectivity index (χ2n) is 6.08. The van der Waals surface area contributed by atoms with Crippen molar-refractivity contribution in [2.45, 2.75) is 64.1 Å². The summed E-state index contributed by atoms with van der Waals surface area (Å²) < 4.78 is 0. The van der Waals surface area contributed by atoms with E-state index < -0.39 is 8.32 Å². The second kappa shape index (κ2) is 4.50. The van der Waals surface area contributed by atoms with Crippen molar-refractivity contribution in [3.63, 3.8) is 0 Å². The Kier molecular flexibility index (Phi) is 3.86. The normalized spacial score (nSPS) is 17.4. The molecule has 0 saturated carbocycles. The molecular weight excluding hydrogens is 212 g/mol. The van der Waals surface area contributed by atoms with E-state index in [0.29, 0.717) is 11.1 Å². The Morgan fingerprint density at radius 1 is 1.19 bits per heavy atom. The summed E-state index contributed by atoms with van der Waals surface area (Å²) in [5.41, 5.74) is 2.19. The summed E-state index contributed by atoms with van der Waals surface area (Å²) in [7, 11) is -2.31. The smallest absolute Gasteiger partial charge is 0.203 e. The highest BCUT2D eigenvalue weighted by molar-refractivity contribution is 6.78. The summed E-state index contributed by atoms with van der Waals surface area (Å²) in [6.45, 7) is 13.2. The van der Waals surface area contributed by atoms with Crippen LogP contribution >= 0.6 is 0 Å². The quantitative estimate of drug-likeness (QED) is 0.719. The van der Waals surface area contributed by atoms with Crippen LogP contribution in [0.5, 0.6) is 0 Å². The minimum absolute atomic E-state index is 0.0289. The summed E-state index contributed by atoms with van der Waals surface area (Å²) >= 11 is 0. The minimum Gasteiger partial charge on any atom is -0.430 e. The number of rotatable bonds is 4. The van der Waals surface area contributed by atoms with Gasteiger partial charge >= 0.3 is 0 Å². The molecule has 0 heterocycles. The fourth-order valence-electron chi connectivity index (χ4n) is 3.28. The fraction of sp³-hybridized carbons (Fsp3) is 0.714. The zero-order valence-electron chi connectivity index (χ0n) is 11.5. The largest absolute Gasteiger partial charge is 0.430 e. The highest BCUT2D eigenvalue weighted by Crippen LogP contribution is 2.54. The lowest BCUT2D eigenvalue weighted by Gasteiger charge is -2.47. The summed E-state index contributed by atoms with van der Waals surface area (Å²) in [5, 5.41) is -0.0289. The summed E-state index contributed by atoms with van der Waals surface area (Å²) in [6, 6.07) is 0. The van der Waals surface area contributed by atoms with Crippen LogP contribution in [0.25, 0.3) is 0 Å². The first kappa shape index (κ1) is 13.7. The Bertz CT molecular complexity index is 303. The van der Waals surface area contributed by atoms with E-state index in [1.807, 2.05) is 0 Å². The van der Waals surface area contributed by atoms with Crippen LogP contribution in [0.15, 0.2) is 23.8 Å². The molecular formula is C14H26OSi. The van der Waals surface area contributed by atoms with Gasteiger partial charge in [-0.05, 0) is 17.5 Å². The maximum absolute atomic E-state index is 11.2. The monoisotopic (exact) mass is 238 g/mol. The van der Waals surface area contributed by atoms with E-state index in [0.717, 1.165) is 6.42 Å². The molecule has 0 atom stereocenters. The predicted octanol–water partition coefficient (Wildman–Crippen LogP) is 4.41. The molecule has 1 aliphatic rings. The van der Waals surface area contributed by atoms with Crippen LogP contribution in [0.1, 0.15) is 48.0 Å². The van der Waals surface area contributed by atoms with E-state index in [1.54, 1.807) is 0 Å². The van der Waals surface area contributed by atoms with Crippen molar-refractivity contribution in [1.82, 2.24) is 0 Å². The van der Waals surface area contributed by atoms with Crippen LogP contribution in [0.3, 0.4) is 0 Å². The molecule has 0 spiro atoms. The lowest BCUT2D eigenvalue weighted by Crippen LogP contribution is -2.51. The molecule has 0 fully saturated rings. The average molecular weight is 238 g/mol. The molecule has 16 heavy (non-hydrogen) atoms. The Balaban J connectivity index is 3.12. The van der Waals surface area contributed by atoms with Crippen molar-refractivity contribution in [2.75, 3.05) is 0 Å². The van der Waals surface area contributed by atoms with Crippen LogP contribution in [-0.4, -0.2) is 13.1 Å². The van der Waals surface area contributed by atoms with Crippen LogP contribution in [-0.2, 0) is 0 Å². The lowest BCUT2D eigenvalue weighted by atomic mass is 10.0. The highest BCUT2D eigenvalue weighted by Gasteiger charge is 2.52. The Labute approximate surface area is 101 Å². The molecule has 92 valence electrons.